The number of rotatable bonds is 4. The molecule has 0 aromatic carbocycles. The zero-order valence-corrected chi connectivity index (χ0v) is 16.3. The minimum Gasteiger partial charge on any atom is -0.478 e. The monoisotopic (exact) mass is 375 g/mol. The molecule has 148 valence electrons. The summed E-state index contributed by atoms with van der Waals surface area (Å²) in [5.41, 5.74) is 0.322. The van der Waals surface area contributed by atoms with Crippen molar-refractivity contribution in [1.29, 1.82) is 0 Å². The van der Waals surface area contributed by atoms with Gasteiger partial charge in [0.1, 0.15) is 0 Å². The molecule has 1 aromatic heterocycles. The van der Waals surface area contributed by atoms with Gasteiger partial charge in [0.25, 0.3) is 5.88 Å². The second-order valence-electron chi connectivity index (χ2n) is 7.86. The van der Waals surface area contributed by atoms with Crippen LogP contribution in [0.5, 0.6) is 5.88 Å². The number of carbonyl (C=O) groups is 1. The van der Waals surface area contributed by atoms with Gasteiger partial charge in [-0.15, -0.1) is 0 Å². The van der Waals surface area contributed by atoms with Crippen LogP contribution in [0.3, 0.4) is 0 Å². The Kier molecular flexibility index (Phi) is 5.08. The second kappa shape index (κ2) is 7.50. The average Bonchev–Trinajstić information content (AvgIpc) is 3.13. The molecule has 1 aliphatic carbocycles. The number of piperazine rings is 1. The van der Waals surface area contributed by atoms with Gasteiger partial charge >= 0.3 is 6.09 Å². The van der Waals surface area contributed by atoms with Crippen LogP contribution in [0.15, 0.2) is 12.4 Å². The van der Waals surface area contributed by atoms with Gasteiger partial charge < -0.3 is 19.3 Å². The van der Waals surface area contributed by atoms with E-state index in [1.807, 2.05) is 11.8 Å². The summed E-state index contributed by atoms with van der Waals surface area (Å²) in [4.78, 5) is 27.3. The van der Waals surface area contributed by atoms with Crippen LogP contribution in [0.2, 0.25) is 0 Å². The highest BCUT2D eigenvalue weighted by Crippen LogP contribution is 2.47. The van der Waals surface area contributed by atoms with Crippen LogP contribution in [0, 0.1) is 5.41 Å². The summed E-state index contributed by atoms with van der Waals surface area (Å²) in [6.07, 6.45) is 6.86. The molecule has 8 heteroatoms. The number of anilines is 1. The standard InChI is InChI=1S/C19H29N5O3/c1-3-27-18(25)24-13-19(14-24)5-4-15(12-19)22-8-10-23(11-9-22)16-17(26-2)21-7-6-20-16/h6-7,15H,3-5,8-14H2,1-2H3. The fourth-order valence-corrected chi connectivity index (χ4v) is 4.86. The number of hydrogen-bond acceptors (Lipinski definition) is 7. The highest BCUT2D eigenvalue weighted by Gasteiger charge is 2.51. The van der Waals surface area contributed by atoms with E-state index in [0.29, 0.717) is 23.9 Å². The number of ether oxygens (including phenoxy) is 2. The minimum atomic E-state index is -0.155. The van der Waals surface area contributed by atoms with E-state index >= 15 is 0 Å². The van der Waals surface area contributed by atoms with Crippen molar-refractivity contribution in [2.45, 2.75) is 32.2 Å². The van der Waals surface area contributed by atoms with Gasteiger partial charge in [-0.1, -0.05) is 0 Å². The molecule has 1 unspecified atom stereocenters. The summed E-state index contributed by atoms with van der Waals surface area (Å²) < 4.78 is 10.5. The van der Waals surface area contributed by atoms with E-state index in [9.17, 15) is 4.79 Å². The predicted molar refractivity (Wildman–Crippen MR) is 101 cm³/mol. The molecule has 0 bridgehead atoms. The lowest BCUT2D eigenvalue weighted by Crippen LogP contribution is -2.58. The molecule has 2 saturated heterocycles. The van der Waals surface area contributed by atoms with E-state index in [2.05, 4.69) is 19.8 Å². The minimum absolute atomic E-state index is 0.155. The average molecular weight is 375 g/mol. The van der Waals surface area contributed by atoms with E-state index < -0.39 is 0 Å². The zero-order valence-electron chi connectivity index (χ0n) is 16.3. The third-order valence-corrected chi connectivity index (χ3v) is 6.23. The van der Waals surface area contributed by atoms with Crippen molar-refractivity contribution in [2.75, 3.05) is 57.9 Å². The first kappa shape index (κ1) is 18.3. The molecule has 3 fully saturated rings. The number of likely N-dealkylation sites (tertiary alicyclic amines) is 1. The molecular weight excluding hydrogens is 346 g/mol. The summed E-state index contributed by atoms with van der Waals surface area (Å²) in [6, 6.07) is 0.625. The van der Waals surface area contributed by atoms with E-state index in [1.165, 1.54) is 19.3 Å². The zero-order chi connectivity index (χ0) is 18.9. The van der Waals surface area contributed by atoms with Crippen LogP contribution in [0.25, 0.3) is 0 Å². The molecule has 1 amide bonds. The largest absolute Gasteiger partial charge is 0.478 e. The third-order valence-electron chi connectivity index (χ3n) is 6.23. The first-order valence-electron chi connectivity index (χ1n) is 9.90. The van der Waals surface area contributed by atoms with E-state index in [0.717, 1.165) is 45.1 Å². The van der Waals surface area contributed by atoms with Crippen LogP contribution in [0.1, 0.15) is 26.2 Å². The maximum atomic E-state index is 11.8. The van der Waals surface area contributed by atoms with Gasteiger partial charge in [0.15, 0.2) is 5.82 Å². The molecule has 1 atom stereocenters. The Labute approximate surface area is 160 Å². The van der Waals surface area contributed by atoms with Crippen molar-refractivity contribution in [2.24, 2.45) is 5.41 Å². The summed E-state index contributed by atoms with van der Waals surface area (Å²) in [6.45, 7) is 7.96. The smallest absolute Gasteiger partial charge is 0.409 e. The number of nitrogens with zero attached hydrogens (tertiary/aromatic N) is 5. The summed E-state index contributed by atoms with van der Waals surface area (Å²) in [5, 5.41) is 0. The second-order valence-corrected chi connectivity index (χ2v) is 7.86. The fourth-order valence-electron chi connectivity index (χ4n) is 4.86. The normalized spacial score (nSPS) is 24.7. The Morgan fingerprint density at radius 3 is 2.67 bits per heavy atom. The Morgan fingerprint density at radius 2 is 1.96 bits per heavy atom. The molecular formula is C19H29N5O3. The van der Waals surface area contributed by atoms with Crippen molar-refractivity contribution in [3.8, 4) is 5.88 Å². The van der Waals surface area contributed by atoms with E-state index in [-0.39, 0.29) is 6.09 Å². The summed E-state index contributed by atoms with van der Waals surface area (Å²) in [7, 11) is 1.64. The number of aromatic nitrogens is 2. The SMILES string of the molecule is CCOC(=O)N1CC2(CCC(N3CCN(c4nccnc4OC)CC3)C2)C1. The van der Waals surface area contributed by atoms with Gasteiger partial charge in [0.2, 0.25) is 0 Å². The highest BCUT2D eigenvalue weighted by molar-refractivity contribution is 5.69. The lowest BCUT2D eigenvalue weighted by atomic mass is 9.78. The molecule has 8 nitrogen and oxygen atoms in total. The number of hydrogen-bond donors (Lipinski definition) is 0. The van der Waals surface area contributed by atoms with Crippen LogP contribution < -0.4 is 9.64 Å². The molecule has 3 heterocycles. The van der Waals surface area contributed by atoms with Gasteiger partial charge in [-0.3, -0.25) is 4.90 Å². The summed E-state index contributed by atoms with van der Waals surface area (Å²) in [5.74, 6) is 1.44. The molecule has 2 aliphatic heterocycles. The fraction of sp³-hybridized carbons (Fsp3) is 0.737. The van der Waals surface area contributed by atoms with Crippen molar-refractivity contribution >= 4 is 11.9 Å². The Bertz CT molecular complexity index is 671. The van der Waals surface area contributed by atoms with Gasteiger partial charge in [0.05, 0.1) is 13.7 Å². The van der Waals surface area contributed by atoms with Gasteiger partial charge in [-0.25, -0.2) is 14.8 Å². The Balaban J connectivity index is 1.28. The molecule has 1 saturated carbocycles. The van der Waals surface area contributed by atoms with Crippen LogP contribution in [-0.4, -0.2) is 84.9 Å². The first-order valence-corrected chi connectivity index (χ1v) is 9.90. The van der Waals surface area contributed by atoms with Crippen LogP contribution >= 0.6 is 0 Å². The van der Waals surface area contributed by atoms with Crippen LogP contribution in [-0.2, 0) is 4.74 Å². The van der Waals surface area contributed by atoms with Gasteiger partial charge in [-0.05, 0) is 26.2 Å². The van der Waals surface area contributed by atoms with Crippen molar-refractivity contribution < 1.29 is 14.3 Å². The maximum Gasteiger partial charge on any atom is 0.409 e. The maximum absolute atomic E-state index is 11.8. The number of carbonyl (C=O) groups excluding carboxylic acids is 1. The number of amides is 1. The third kappa shape index (κ3) is 3.54. The lowest BCUT2D eigenvalue weighted by Gasteiger charge is -2.48. The van der Waals surface area contributed by atoms with Crippen molar-refractivity contribution in [3.05, 3.63) is 12.4 Å². The van der Waals surface area contributed by atoms with Crippen molar-refractivity contribution in [3.63, 3.8) is 0 Å². The quantitative estimate of drug-likeness (QED) is 0.792. The van der Waals surface area contributed by atoms with Gasteiger partial charge in [-0.2, -0.15) is 0 Å². The Morgan fingerprint density at radius 1 is 1.22 bits per heavy atom. The van der Waals surface area contributed by atoms with E-state index in [1.54, 1.807) is 19.5 Å². The molecule has 3 aliphatic rings. The highest BCUT2D eigenvalue weighted by atomic mass is 16.6. The van der Waals surface area contributed by atoms with E-state index in [4.69, 9.17) is 9.47 Å². The molecule has 0 N–H and O–H groups in total. The lowest BCUT2D eigenvalue weighted by molar-refractivity contribution is -0.00294. The molecule has 1 aromatic rings. The molecule has 0 radical (unpaired) electrons. The topological polar surface area (TPSA) is 71.0 Å². The van der Waals surface area contributed by atoms with Crippen LogP contribution in [0.4, 0.5) is 10.6 Å². The predicted octanol–water partition coefficient (Wildman–Crippen LogP) is 1.62. The van der Waals surface area contributed by atoms with Crippen molar-refractivity contribution in [1.82, 2.24) is 19.8 Å². The number of methoxy groups -OCH3 is 1. The Hall–Kier alpha value is -2.09. The molecule has 4 rings (SSSR count). The summed E-state index contributed by atoms with van der Waals surface area (Å²) >= 11 is 0. The van der Waals surface area contributed by atoms with Gasteiger partial charge in [0, 0.05) is 63.1 Å². The molecule has 1 spiro atoms. The molecule has 27 heavy (non-hydrogen) atoms. The first-order chi connectivity index (χ1) is 13.1.